The van der Waals surface area contributed by atoms with Crippen LogP contribution in [-0.2, 0) is 31.3 Å². The van der Waals surface area contributed by atoms with Crippen molar-refractivity contribution < 1.29 is 35.2 Å². The number of sulfonamides is 2. The van der Waals surface area contributed by atoms with Gasteiger partial charge in [0.2, 0.25) is 10.0 Å². The average molecular weight is 517 g/mol. The van der Waals surface area contributed by atoms with E-state index in [4.69, 9.17) is 0 Å². The summed E-state index contributed by atoms with van der Waals surface area (Å²) in [5.74, 6) is -2.35. The first-order chi connectivity index (χ1) is 15.9. The van der Waals surface area contributed by atoms with Gasteiger partial charge in [-0.2, -0.15) is 0 Å². The molecule has 1 atom stereocenters. The lowest BCUT2D eigenvalue weighted by Crippen LogP contribution is -2.56. The molecule has 0 bridgehead atoms. The van der Waals surface area contributed by atoms with Gasteiger partial charge in [-0.3, -0.25) is 9.52 Å². The molecule has 0 spiro atoms. The van der Waals surface area contributed by atoms with E-state index < -0.39 is 49.7 Å². The molecule has 3 rings (SSSR count). The minimum Gasteiger partial charge on any atom is -0.325 e. The Morgan fingerprint density at radius 3 is 2.29 bits per heavy atom. The lowest BCUT2D eigenvalue weighted by molar-refractivity contribution is -0.121. The number of amides is 3. The minimum absolute atomic E-state index is 0.0165. The van der Waals surface area contributed by atoms with Crippen molar-refractivity contribution in [2.75, 3.05) is 19.3 Å². The SMILES string of the molecule is CS(=O)(=O)NC(=O)[C@H](Cc1ccc(F)cc1)NC(=O)N1CCCN1S(=O)(=O)c1cccc(F)c1. The van der Waals surface area contributed by atoms with Gasteiger partial charge in [-0.05, 0) is 42.3 Å². The third-order valence-electron chi connectivity index (χ3n) is 4.85. The topological polar surface area (TPSA) is 133 Å². The predicted octanol–water partition coefficient (Wildman–Crippen LogP) is 0.973. The van der Waals surface area contributed by atoms with Gasteiger partial charge in [0, 0.05) is 19.5 Å². The Bertz CT molecular complexity index is 1290. The molecule has 1 fully saturated rings. The lowest BCUT2D eigenvalue weighted by atomic mass is 10.1. The predicted molar refractivity (Wildman–Crippen MR) is 117 cm³/mol. The van der Waals surface area contributed by atoms with Crippen LogP contribution in [0.4, 0.5) is 13.6 Å². The fourth-order valence-corrected chi connectivity index (χ4v) is 5.38. The molecular formula is C20H22F2N4O6S2. The van der Waals surface area contributed by atoms with Crippen LogP contribution in [0.5, 0.6) is 0 Å². The van der Waals surface area contributed by atoms with Crippen molar-refractivity contribution in [1.29, 1.82) is 0 Å². The van der Waals surface area contributed by atoms with Crippen LogP contribution in [0.25, 0.3) is 0 Å². The van der Waals surface area contributed by atoms with Gasteiger partial charge in [0.25, 0.3) is 15.9 Å². The number of carbonyl (C=O) groups excluding carboxylic acids is 2. The number of carbonyl (C=O) groups is 2. The fourth-order valence-electron chi connectivity index (χ4n) is 3.33. The summed E-state index contributed by atoms with van der Waals surface area (Å²) in [7, 11) is -8.25. The molecule has 2 N–H and O–H groups in total. The summed E-state index contributed by atoms with van der Waals surface area (Å²) in [5.41, 5.74) is 0.418. The Hall–Kier alpha value is -3.10. The number of hydrazine groups is 1. The van der Waals surface area contributed by atoms with Crippen molar-refractivity contribution in [3.05, 3.63) is 65.7 Å². The fraction of sp³-hybridized carbons (Fsp3) is 0.300. The van der Waals surface area contributed by atoms with E-state index in [2.05, 4.69) is 5.32 Å². The normalized spacial score (nSPS) is 15.7. The standard InChI is InChI=1S/C20H22F2N4O6S2/c1-33(29,30)24-19(27)18(12-14-6-8-15(21)9-7-14)23-20(28)25-10-3-11-26(25)34(31,32)17-5-2-4-16(22)13-17/h2,4-9,13,18H,3,10-12H2,1H3,(H,23,28)(H,24,27)/t18-/m0/s1. The van der Waals surface area contributed by atoms with E-state index in [1.165, 1.54) is 24.3 Å². The zero-order valence-corrected chi connectivity index (χ0v) is 19.6. The molecule has 0 aromatic heterocycles. The first-order valence-electron chi connectivity index (χ1n) is 9.99. The number of benzene rings is 2. The molecule has 34 heavy (non-hydrogen) atoms. The van der Waals surface area contributed by atoms with Crippen LogP contribution in [-0.4, -0.2) is 63.6 Å². The van der Waals surface area contributed by atoms with Gasteiger partial charge in [0.15, 0.2) is 0 Å². The number of nitrogens with one attached hydrogen (secondary N) is 2. The van der Waals surface area contributed by atoms with E-state index in [1.54, 1.807) is 4.72 Å². The number of urea groups is 1. The van der Waals surface area contributed by atoms with Gasteiger partial charge in [-0.15, -0.1) is 4.41 Å². The molecule has 0 saturated carbocycles. The largest absolute Gasteiger partial charge is 0.333 e. The monoisotopic (exact) mass is 516 g/mol. The highest BCUT2D eigenvalue weighted by molar-refractivity contribution is 7.89. The van der Waals surface area contributed by atoms with Gasteiger partial charge < -0.3 is 5.32 Å². The van der Waals surface area contributed by atoms with Gasteiger partial charge in [-0.1, -0.05) is 18.2 Å². The van der Waals surface area contributed by atoms with Crippen LogP contribution in [0.3, 0.4) is 0 Å². The van der Waals surface area contributed by atoms with Crippen molar-refractivity contribution in [2.24, 2.45) is 0 Å². The van der Waals surface area contributed by atoms with E-state index in [1.807, 2.05) is 0 Å². The molecule has 1 heterocycles. The number of hydrogen-bond acceptors (Lipinski definition) is 6. The number of hydrogen-bond donors (Lipinski definition) is 2. The van der Waals surface area contributed by atoms with Crippen molar-refractivity contribution in [3.8, 4) is 0 Å². The Morgan fingerprint density at radius 1 is 1.00 bits per heavy atom. The zero-order chi connectivity index (χ0) is 25.1. The van der Waals surface area contributed by atoms with Crippen LogP contribution in [0, 0.1) is 11.6 Å². The number of nitrogens with zero attached hydrogens (tertiary/aromatic N) is 2. The molecule has 1 saturated heterocycles. The van der Waals surface area contributed by atoms with Crippen molar-refractivity contribution >= 4 is 32.0 Å². The van der Waals surface area contributed by atoms with E-state index in [-0.39, 0.29) is 30.8 Å². The highest BCUT2D eigenvalue weighted by Gasteiger charge is 2.38. The molecule has 0 unspecified atom stereocenters. The summed E-state index contributed by atoms with van der Waals surface area (Å²) in [6.07, 6.45) is 0.841. The van der Waals surface area contributed by atoms with Crippen molar-refractivity contribution in [1.82, 2.24) is 19.5 Å². The molecule has 14 heteroatoms. The van der Waals surface area contributed by atoms with Crippen LogP contribution >= 0.6 is 0 Å². The smallest absolute Gasteiger partial charge is 0.325 e. The van der Waals surface area contributed by atoms with Crippen LogP contribution in [0.15, 0.2) is 53.4 Å². The third kappa shape index (κ3) is 6.27. The van der Waals surface area contributed by atoms with E-state index in [0.717, 1.165) is 39.9 Å². The maximum atomic E-state index is 13.6. The van der Waals surface area contributed by atoms with Gasteiger partial charge in [-0.25, -0.2) is 35.4 Å². The van der Waals surface area contributed by atoms with E-state index in [9.17, 15) is 35.2 Å². The molecule has 10 nitrogen and oxygen atoms in total. The second-order valence-electron chi connectivity index (χ2n) is 7.56. The summed E-state index contributed by atoms with van der Waals surface area (Å²) in [5, 5.41) is 3.20. The maximum Gasteiger partial charge on any atom is 0.333 e. The summed E-state index contributed by atoms with van der Waals surface area (Å²) in [4.78, 5) is 25.2. The summed E-state index contributed by atoms with van der Waals surface area (Å²) >= 11 is 0. The van der Waals surface area contributed by atoms with Gasteiger partial charge in [0.05, 0.1) is 11.2 Å². The average Bonchev–Trinajstić information content (AvgIpc) is 3.24. The second kappa shape index (κ2) is 10.0. The Kier molecular flexibility index (Phi) is 7.53. The molecule has 184 valence electrons. The van der Waals surface area contributed by atoms with Crippen molar-refractivity contribution in [3.63, 3.8) is 0 Å². The minimum atomic E-state index is -4.28. The lowest BCUT2D eigenvalue weighted by Gasteiger charge is -2.29. The maximum absolute atomic E-state index is 13.6. The molecule has 0 radical (unpaired) electrons. The van der Waals surface area contributed by atoms with Gasteiger partial charge >= 0.3 is 6.03 Å². The Balaban J connectivity index is 1.84. The molecule has 3 amide bonds. The summed E-state index contributed by atoms with van der Waals surface area (Å²) < 4.78 is 78.3. The third-order valence-corrected chi connectivity index (χ3v) is 7.20. The highest BCUT2D eigenvalue weighted by atomic mass is 32.2. The number of halogens is 2. The second-order valence-corrected chi connectivity index (χ2v) is 11.1. The Labute approximate surface area is 195 Å². The molecule has 2 aromatic rings. The van der Waals surface area contributed by atoms with E-state index in [0.29, 0.717) is 5.56 Å². The van der Waals surface area contributed by atoms with Gasteiger partial charge in [0.1, 0.15) is 17.7 Å². The number of rotatable bonds is 7. The quantitative estimate of drug-likeness (QED) is 0.564. The summed E-state index contributed by atoms with van der Waals surface area (Å²) in [6, 6.07) is 6.89. The van der Waals surface area contributed by atoms with Crippen LogP contribution < -0.4 is 10.0 Å². The van der Waals surface area contributed by atoms with Crippen LogP contribution in [0.2, 0.25) is 0 Å². The molecular weight excluding hydrogens is 494 g/mol. The summed E-state index contributed by atoms with van der Waals surface area (Å²) in [6.45, 7) is -0.0816. The molecule has 1 aliphatic rings. The molecule has 2 aromatic carbocycles. The van der Waals surface area contributed by atoms with Crippen LogP contribution in [0.1, 0.15) is 12.0 Å². The highest BCUT2D eigenvalue weighted by Crippen LogP contribution is 2.23. The molecule has 1 aliphatic heterocycles. The zero-order valence-electron chi connectivity index (χ0n) is 17.9. The van der Waals surface area contributed by atoms with Crippen molar-refractivity contribution in [2.45, 2.75) is 23.8 Å². The Morgan fingerprint density at radius 2 is 1.68 bits per heavy atom. The first kappa shape index (κ1) is 25.5. The molecule has 0 aliphatic carbocycles. The van der Waals surface area contributed by atoms with E-state index >= 15 is 0 Å². The first-order valence-corrected chi connectivity index (χ1v) is 13.3.